The predicted molar refractivity (Wildman–Crippen MR) is 76.0 cm³/mol. The number of carbonyl (C=O) groups is 1. The molecule has 0 saturated carbocycles. The standard InChI is InChI=1S/C14H23N3O/c1-4-9-17(10-8-15-3)14(18)16-13-7-5-6-12(2)11-13/h5-7,11,15H,4,8-10H2,1-3H3,(H,16,18). The smallest absolute Gasteiger partial charge is 0.321 e. The van der Waals surface area contributed by atoms with Gasteiger partial charge in [0.2, 0.25) is 0 Å². The number of benzene rings is 1. The van der Waals surface area contributed by atoms with E-state index >= 15 is 0 Å². The molecule has 0 aliphatic rings. The summed E-state index contributed by atoms with van der Waals surface area (Å²) in [4.78, 5) is 13.9. The third-order valence-electron chi connectivity index (χ3n) is 2.68. The van der Waals surface area contributed by atoms with Gasteiger partial charge in [-0.05, 0) is 38.1 Å². The molecular weight excluding hydrogens is 226 g/mol. The summed E-state index contributed by atoms with van der Waals surface area (Å²) in [6.07, 6.45) is 0.963. The van der Waals surface area contributed by atoms with E-state index in [2.05, 4.69) is 17.6 Å². The number of urea groups is 1. The Kier molecular flexibility index (Phi) is 6.22. The van der Waals surface area contributed by atoms with Crippen LogP contribution in [0.3, 0.4) is 0 Å². The summed E-state index contributed by atoms with van der Waals surface area (Å²) in [5.41, 5.74) is 2.00. The molecule has 0 heterocycles. The van der Waals surface area contributed by atoms with Crippen LogP contribution >= 0.6 is 0 Å². The third-order valence-corrected chi connectivity index (χ3v) is 2.68. The van der Waals surface area contributed by atoms with Crippen LogP contribution in [-0.2, 0) is 0 Å². The zero-order valence-electron chi connectivity index (χ0n) is 11.5. The lowest BCUT2D eigenvalue weighted by Crippen LogP contribution is -2.39. The Labute approximate surface area is 109 Å². The van der Waals surface area contributed by atoms with Gasteiger partial charge in [-0.25, -0.2) is 4.79 Å². The first-order valence-corrected chi connectivity index (χ1v) is 6.44. The maximum Gasteiger partial charge on any atom is 0.321 e. The van der Waals surface area contributed by atoms with E-state index in [1.807, 2.05) is 43.1 Å². The van der Waals surface area contributed by atoms with Gasteiger partial charge in [0.1, 0.15) is 0 Å². The number of carbonyl (C=O) groups excluding carboxylic acids is 1. The van der Waals surface area contributed by atoms with Crippen molar-refractivity contribution < 1.29 is 4.79 Å². The molecule has 1 rings (SSSR count). The van der Waals surface area contributed by atoms with E-state index < -0.39 is 0 Å². The van der Waals surface area contributed by atoms with Gasteiger partial charge in [-0.1, -0.05) is 19.1 Å². The first-order chi connectivity index (χ1) is 8.67. The maximum absolute atomic E-state index is 12.1. The van der Waals surface area contributed by atoms with Crippen LogP contribution in [0.2, 0.25) is 0 Å². The Morgan fingerprint density at radius 3 is 2.72 bits per heavy atom. The van der Waals surface area contributed by atoms with Crippen molar-refractivity contribution in [3.05, 3.63) is 29.8 Å². The minimum Gasteiger partial charge on any atom is -0.323 e. The van der Waals surface area contributed by atoms with Crippen LogP contribution in [0.5, 0.6) is 0 Å². The highest BCUT2D eigenvalue weighted by atomic mass is 16.2. The average Bonchev–Trinajstić information content (AvgIpc) is 2.34. The van der Waals surface area contributed by atoms with Crippen LogP contribution < -0.4 is 10.6 Å². The van der Waals surface area contributed by atoms with Gasteiger partial charge in [-0.15, -0.1) is 0 Å². The molecule has 100 valence electrons. The lowest BCUT2D eigenvalue weighted by molar-refractivity contribution is 0.212. The molecule has 0 aliphatic heterocycles. The fraction of sp³-hybridized carbons (Fsp3) is 0.500. The highest BCUT2D eigenvalue weighted by Crippen LogP contribution is 2.10. The molecule has 4 heteroatoms. The number of rotatable bonds is 6. The average molecular weight is 249 g/mol. The molecular formula is C14H23N3O. The van der Waals surface area contributed by atoms with E-state index in [9.17, 15) is 4.79 Å². The van der Waals surface area contributed by atoms with Crippen molar-refractivity contribution in [3.8, 4) is 0 Å². The molecule has 0 spiro atoms. The molecule has 1 aromatic rings. The minimum atomic E-state index is -0.0299. The largest absolute Gasteiger partial charge is 0.323 e. The lowest BCUT2D eigenvalue weighted by Gasteiger charge is -2.22. The van der Waals surface area contributed by atoms with Crippen LogP contribution in [0.15, 0.2) is 24.3 Å². The number of aryl methyl sites for hydroxylation is 1. The fourth-order valence-corrected chi connectivity index (χ4v) is 1.76. The van der Waals surface area contributed by atoms with Crippen LogP contribution in [-0.4, -0.2) is 37.6 Å². The topological polar surface area (TPSA) is 44.4 Å². The number of hydrogen-bond acceptors (Lipinski definition) is 2. The van der Waals surface area contributed by atoms with Gasteiger partial charge in [0.05, 0.1) is 0 Å². The van der Waals surface area contributed by atoms with Crippen molar-refractivity contribution in [1.29, 1.82) is 0 Å². The van der Waals surface area contributed by atoms with Gasteiger partial charge in [0, 0.05) is 25.3 Å². The second-order valence-electron chi connectivity index (χ2n) is 4.39. The number of nitrogens with zero attached hydrogens (tertiary/aromatic N) is 1. The van der Waals surface area contributed by atoms with Gasteiger partial charge >= 0.3 is 6.03 Å². The summed E-state index contributed by atoms with van der Waals surface area (Å²) >= 11 is 0. The molecule has 0 bridgehead atoms. The molecule has 0 saturated heterocycles. The van der Waals surface area contributed by atoms with Crippen LogP contribution in [0.1, 0.15) is 18.9 Å². The van der Waals surface area contributed by atoms with Crippen molar-refractivity contribution in [2.45, 2.75) is 20.3 Å². The van der Waals surface area contributed by atoms with E-state index in [-0.39, 0.29) is 6.03 Å². The second-order valence-corrected chi connectivity index (χ2v) is 4.39. The van der Waals surface area contributed by atoms with Gasteiger partial charge in [0.15, 0.2) is 0 Å². The molecule has 4 nitrogen and oxygen atoms in total. The molecule has 2 N–H and O–H groups in total. The van der Waals surface area contributed by atoms with Crippen molar-refractivity contribution in [1.82, 2.24) is 10.2 Å². The van der Waals surface area contributed by atoms with Gasteiger partial charge < -0.3 is 15.5 Å². The summed E-state index contributed by atoms with van der Waals surface area (Å²) in [5.74, 6) is 0. The monoisotopic (exact) mass is 249 g/mol. The number of nitrogens with one attached hydrogen (secondary N) is 2. The quantitative estimate of drug-likeness (QED) is 0.813. The lowest BCUT2D eigenvalue weighted by atomic mass is 10.2. The van der Waals surface area contributed by atoms with E-state index in [0.717, 1.165) is 37.3 Å². The molecule has 0 aromatic heterocycles. The third kappa shape index (κ3) is 4.75. The van der Waals surface area contributed by atoms with E-state index in [1.165, 1.54) is 0 Å². The van der Waals surface area contributed by atoms with Crippen molar-refractivity contribution in [2.75, 3.05) is 32.0 Å². The van der Waals surface area contributed by atoms with E-state index in [0.29, 0.717) is 0 Å². The summed E-state index contributed by atoms with van der Waals surface area (Å²) < 4.78 is 0. The Hall–Kier alpha value is -1.55. The number of hydrogen-bond donors (Lipinski definition) is 2. The first-order valence-electron chi connectivity index (χ1n) is 6.44. The van der Waals surface area contributed by atoms with Crippen molar-refractivity contribution in [3.63, 3.8) is 0 Å². The number of amides is 2. The molecule has 0 fully saturated rings. The Morgan fingerprint density at radius 1 is 1.33 bits per heavy atom. The molecule has 0 unspecified atom stereocenters. The Morgan fingerprint density at radius 2 is 2.11 bits per heavy atom. The molecule has 18 heavy (non-hydrogen) atoms. The van der Waals surface area contributed by atoms with E-state index in [1.54, 1.807) is 0 Å². The van der Waals surface area contributed by atoms with Crippen molar-refractivity contribution >= 4 is 11.7 Å². The zero-order valence-corrected chi connectivity index (χ0v) is 11.5. The molecule has 0 radical (unpaired) electrons. The van der Waals surface area contributed by atoms with Gasteiger partial charge in [-0.2, -0.15) is 0 Å². The van der Waals surface area contributed by atoms with Crippen LogP contribution in [0.4, 0.5) is 10.5 Å². The molecule has 1 aromatic carbocycles. The molecule has 2 amide bonds. The maximum atomic E-state index is 12.1. The molecule has 0 atom stereocenters. The number of anilines is 1. The van der Waals surface area contributed by atoms with E-state index in [4.69, 9.17) is 0 Å². The van der Waals surface area contributed by atoms with Crippen LogP contribution in [0.25, 0.3) is 0 Å². The summed E-state index contributed by atoms with van der Waals surface area (Å²) in [7, 11) is 1.89. The summed E-state index contributed by atoms with van der Waals surface area (Å²) in [6, 6.07) is 7.81. The highest BCUT2D eigenvalue weighted by molar-refractivity contribution is 5.89. The number of likely N-dealkylation sites (N-methyl/N-ethyl adjacent to an activating group) is 1. The predicted octanol–water partition coefficient (Wildman–Crippen LogP) is 2.46. The van der Waals surface area contributed by atoms with Crippen LogP contribution in [0, 0.1) is 6.92 Å². The van der Waals surface area contributed by atoms with Crippen molar-refractivity contribution in [2.24, 2.45) is 0 Å². The first kappa shape index (κ1) is 14.5. The fourth-order valence-electron chi connectivity index (χ4n) is 1.76. The molecule has 0 aliphatic carbocycles. The van der Waals surface area contributed by atoms with Gasteiger partial charge in [-0.3, -0.25) is 0 Å². The Bertz CT molecular complexity index is 379. The zero-order chi connectivity index (χ0) is 13.4. The minimum absolute atomic E-state index is 0.0299. The Balaban J connectivity index is 2.60. The second kappa shape index (κ2) is 7.71. The highest BCUT2D eigenvalue weighted by Gasteiger charge is 2.11. The van der Waals surface area contributed by atoms with Gasteiger partial charge in [0.25, 0.3) is 0 Å². The summed E-state index contributed by atoms with van der Waals surface area (Å²) in [5, 5.41) is 6.00. The normalized spacial score (nSPS) is 10.2. The SMILES string of the molecule is CCCN(CCNC)C(=O)Nc1cccc(C)c1. The summed E-state index contributed by atoms with van der Waals surface area (Å²) in [6.45, 7) is 6.40.